The van der Waals surface area contributed by atoms with Gasteiger partial charge in [-0.2, -0.15) is 0 Å². The Labute approximate surface area is 87.6 Å². The molecule has 74 valence electrons. The van der Waals surface area contributed by atoms with Crippen molar-refractivity contribution in [2.45, 2.75) is 12.5 Å². The van der Waals surface area contributed by atoms with E-state index in [9.17, 15) is 4.79 Å². The van der Waals surface area contributed by atoms with E-state index in [-0.39, 0.29) is 6.04 Å². The van der Waals surface area contributed by atoms with Crippen molar-refractivity contribution in [1.82, 2.24) is 5.43 Å². The minimum Gasteiger partial charge on any atom is -0.308 e. The van der Waals surface area contributed by atoms with Crippen molar-refractivity contribution in [3.63, 3.8) is 0 Å². The smallest absolute Gasteiger partial charge is 0.138 e. The number of hydrazine groups is 1. The number of aldehydes is 1. The summed E-state index contributed by atoms with van der Waals surface area (Å²) in [7, 11) is 0. The minimum atomic E-state index is -0.0503. The number of nitrogens with zero attached hydrogens (tertiary/aromatic N) is 1. The van der Waals surface area contributed by atoms with E-state index in [1.54, 1.807) is 0 Å². The molecule has 0 bridgehead atoms. The number of carbonyl (C=O) groups is 1. The van der Waals surface area contributed by atoms with Gasteiger partial charge in [-0.1, -0.05) is 11.6 Å². The highest BCUT2D eigenvalue weighted by molar-refractivity contribution is 6.30. The fraction of sp³-hybridized carbons (Fsp3) is 0.300. The second-order valence-electron chi connectivity index (χ2n) is 3.29. The molecule has 14 heavy (non-hydrogen) atoms. The summed E-state index contributed by atoms with van der Waals surface area (Å²) in [5.74, 6) is 0. The molecule has 1 aliphatic rings. The van der Waals surface area contributed by atoms with Crippen LogP contribution >= 0.6 is 11.6 Å². The average Bonchev–Trinajstić information content (AvgIpc) is 2.67. The molecule has 1 aromatic rings. The van der Waals surface area contributed by atoms with Crippen molar-refractivity contribution in [2.24, 2.45) is 0 Å². The Bertz CT molecular complexity index is 325. The fourth-order valence-electron chi connectivity index (χ4n) is 1.52. The van der Waals surface area contributed by atoms with Gasteiger partial charge >= 0.3 is 0 Å². The zero-order valence-corrected chi connectivity index (χ0v) is 8.37. The first-order valence-corrected chi connectivity index (χ1v) is 4.92. The minimum absolute atomic E-state index is 0.0503. The molecule has 0 spiro atoms. The first-order valence-electron chi connectivity index (χ1n) is 4.54. The summed E-state index contributed by atoms with van der Waals surface area (Å²) in [5.41, 5.74) is 4.14. The maximum absolute atomic E-state index is 10.5. The number of carbonyl (C=O) groups excluding carboxylic acids is 1. The third-order valence-corrected chi connectivity index (χ3v) is 2.54. The number of nitrogens with one attached hydrogen (secondary N) is 1. The molecule has 1 fully saturated rings. The zero-order chi connectivity index (χ0) is 9.97. The molecular weight excluding hydrogens is 200 g/mol. The van der Waals surface area contributed by atoms with E-state index in [1.165, 1.54) is 0 Å². The molecule has 2 rings (SSSR count). The van der Waals surface area contributed by atoms with Gasteiger partial charge in [0, 0.05) is 11.6 Å². The second-order valence-corrected chi connectivity index (χ2v) is 3.72. The van der Waals surface area contributed by atoms with Crippen molar-refractivity contribution < 1.29 is 4.79 Å². The van der Waals surface area contributed by atoms with E-state index in [0.717, 1.165) is 30.0 Å². The lowest BCUT2D eigenvalue weighted by Crippen LogP contribution is -2.36. The predicted octanol–water partition coefficient (Wildman–Crippen LogP) is 1.62. The monoisotopic (exact) mass is 210 g/mol. The third kappa shape index (κ3) is 1.89. The molecule has 0 saturated carbocycles. The molecule has 1 N–H and O–H groups in total. The van der Waals surface area contributed by atoms with Crippen LogP contribution in [0.15, 0.2) is 24.3 Å². The summed E-state index contributed by atoms with van der Waals surface area (Å²) in [6.45, 7) is 0.852. The number of benzene rings is 1. The maximum atomic E-state index is 10.5. The second kappa shape index (κ2) is 3.98. The highest BCUT2D eigenvalue weighted by atomic mass is 35.5. The van der Waals surface area contributed by atoms with Gasteiger partial charge in [-0.05, 0) is 30.7 Å². The topological polar surface area (TPSA) is 32.3 Å². The normalized spacial score (nSPS) is 21.2. The standard InChI is InChI=1S/C10H11ClN2O/c11-8-1-3-10(4-2-8)13-6-5-9(7-14)12-13/h1-4,7,9,12H,5-6H2. The van der Waals surface area contributed by atoms with Gasteiger partial charge in [-0.3, -0.25) is 0 Å². The molecule has 1 heterocycles. The summed E-state index contributed by atoms with van der Waals surface area (Å²) < 4.78 is 0. The summed E-state index contributed by atoms with van der Waals surface area (Å²) in [6.07, 6.45) is 1.79. The van der Waals surface area contributed by atoms with Gasteiger partial charge in [0.15, 0.2) is 0 Å². The highest BCUT2D eigenvalue weighted by Crippen LogP contribution is 2.19. The molecule has 3 nitrogen and oxygen atoms in total. The van der Waals surface area contributed by atoms with Gasteiger partial charge in [0.25, 0.3) is 0 Å². The zero-order valence-electron chi connectivity index (χ0n) is 7.61. The summed E-state index contributed by atoms with van der Waals surface area (Å²) in [4.78, 5) is 10.5. The molecule has 0 aliphatic carbocycles. The lowest BCUT2D eigenvalue weighted by Gasteiger charge is -2.18. The number of halogens is 1. The predicted molar refractivity (Wildman–Crippen MR) is 56.4 cm³/mol. The molecule has 0 aromatic heterocycles. The first-order chi connectivity index (χ1) is 6.79. The summed E-state index contributed by atoms with van der Waals surface area (Å²) >= 11 is 5.78. The average molecular weight is 211 g/mol. The van der Waals surface area contributed by atoms with Crippen LogP contribution in [0.1, 0.15) is 6.42 Å². The SMILES string of the molecule is O=CC1CCN(c2ccc(Cl)cc2)N1. The quantitative estimate of drug-likeness (QED) is 0.753. The molecule has 0 amide bonds. The van der Waals surface area contributed by atoms with Crippen molar-refractivity contribution in [1.29, 1.82) is 0 Å². The third-order valence-electron chi connectivity index (χ3n) is 2.29. The lowest BCUT2D eigenvalue weighted by molar-refractivity contribution is -0.109. The van der Waals surface area contributed by atoms with Crippen LogP contribution < -0.4 is 10.4 Å². The van der Waals surface area contributed by atoms with Gasteiger partial charge in [0.2, 0.25) is 0 Å². The highest BCUT2D eigenvalue weighted by Gasteiger charge is 2.20. The Balaban J connectivity index is 2.09. The van der Waals surface area contributed by atoms with E-state index in [0.29, 0.717) is 0 Å². The lowest BCUT2D eigenvalue weighted by atomic mass is 10.3. The van der Waals surface area contributed by atoms with Gasteiger partial charge in [-0.15, -0.1) is 0 Å². The molecule has 4 heteroatoms. The Morgan fingerprint density at radius 1 is 1.43 bits per heavy atom. The molecule has 0 radical (unpaired) electrons. The maximum Gasteiger partial charge on any atom is 0.138 e. The van der Waals surface area contributed by atoms with Crippen molar-refractivity contribution >= 4 is 23.6 Å². The first kappa shape index (κ1) is 9.49. The molecule has 1 saturated heterocycles. The van der Waals surface area contributed by atoms with E-state index in [1.807, 2.05) is 29.3 Å². The van der Waals surface area contributed by atoms with Crippen LogP contribution in [0.2, 0.25) is 5.02 Å². The van der Waals surface area contributed by atoms with Gasteiger partial charge in [0.1, 0.15) is 6.29 Å². The Morgan fingerprint density at radius 3 is 2.71 bits per heavy atom. The van der Waals surface area contributed by atoms with Crippen LogP contribution in [-0.2, 0) is 4.79 Å². The number of anilines is 1. The molecule has 1 atom stereocenters. The van der Waals surface area contributed by atoms with Crippen molar-refractivity contribution in [3.8, 4) is 0 Å². The molecular formula is C10H11ClN2O. The summed E-state index contributed by atoms with van der Waals surface area (Å²) in [6, 6.07) is 7.50. The van der Waals surface area contributed by atoms with Crippen LogP contribution in [-0.4, -0.2) is 18.9 Å². The van der Waals surface area contributed by atoms with Gasteiger partial charge in [-0.25, -0.2) is 5.43 Å². The number of rotatable bonds is 2. The van der Waals surface area contributed by atoms with Crippen LogP contribution in [0.3, 0.4) is 0 Å². The largest absolute Gasteiger partial charge is 0.308 e. The molecule has 1 aromatic carbocycles. The van der Waals surface area contributed by atoms with E-state index < -0.39 is 0 Å². The number of hydrogen-bond donors (Lipinski definition) is 1. The molecule has 1 unspecified atom stereocenters. The van der Waals surface area contributed by atoms with E-state index in [2.05, 4.69) is 5.43 Å². The van der Waals surface area contributed by atoms with E-state index >= 15 is 0 Å². The van der Waals surface area contributed by atoms with E-state index in [4.69, 9.17) is 11.6 Å². The van der Waals surface area contributed by atoms with Crippen molar-refractivity contribution in [2.75, 3.05) is 11.6 Å². The Kier molecular flexibility index (Phi) is 2.70. The van der Waals surface area contributed by atoms with Crippen LogP contribution in [0.5, 0.6) is 0 Å². The van der Waals surface area contributed by atoms with Crippen LogP contribution in [0.25, 0.3) is 0 Å². The number of hydrogen-bond acceptors (Lipinski definition) is 3. The van der Waals surface area contributed by atoms with Gasteiger partial charge < -0.3 is 9.80 Å². The summed E-state index contributed by atoms with van der Waals surface area (Å²) in [5, 5.41) is 2.69. The van der Waals surface area contributed by atoms with Crippen molar-refractivity contribution in [3.05, 3.63) is 29.3 Å². The fourth-order valence-corrected chi connectivity index (χ4v) is 1.65. The van der Waals surface area contributed by atoms with Gasteiger partial charge in [0.05, 0.1) is 11.7 Å². The Hall–Kier alpha value is -1.06. The van der Waals surface area contributed by atoms with Crippen LogP contribution in [0, 0.1) is 0 Å². The Morgan fingerprint density at radius 2 is 2.14 bits per heavy atom. The van der Waals surface area contributed by atoms with Crippen LogP contribution in [0.4, 0.5) is 5.69 Å². The molecule has 1 aliphatic heterocycles.